The quantitative estimate of drug-likeness (QED) is 0.681. The number of aryl methyl sites for hydroxylation is 1. The summed E-state index contributed by atoms with van der Waals surface area (Å²) in [7, 11) is -1.00. The van der Waals surface area contributed by atoms with E-state index in [1.165, 1.54) is 13.1 Å². The summed E-state index contributed by atoms with van der Waals surface area (Å²) >= 11 is 0. The molecule has 1 fully saturated rings. The van der Waals surface area contributed by atoms with Gasteiger partial charge in [0.2, 0.25) is 5.43 Å². The highest BCUT2D eigenvalue weighted by atomic mass is 19.2. The predicted molar refractivity (Wildman–Crippen MR) is 76.1 cm³/mol. The molecule has 0 atom stereocenters. The summed E-state index contributed by atoms with van der Waals surface area (Å²) in [5, 5.41) is 8.97. The second-order valence-electron chi connectivity index (χ2n) is 5.09. The lowest BCUT2D eigenvalue weighted by molar-refractivity contribution is 0.0695. The Balaban J connectivity index is 0.000000595. The minimum Gasteiger partial charge on any atom is -0.477 e. The molecule has 0 saturated heterocycles. The fourth-order valence-electron chi connectivity index (χ4n) is 2.45. The topological polar surface area (TPSA) is 59.3 Å². The number of fused-ring (bicyclic) bond motifs is 1. The smallest absolute Gasteiger partial charge is 0.477 e. The van der Waals surface area contributed by atoms with Gasteiger partial charge in [-0.2, -0.15) is 0 Å². The van der Waals surface area contributed by atoms with Crippen molar-refractivity contribution in [3.8, 4) is 0 Å². The first-order chi connectivity index (χ1) is 10.8. The van der Waals surface area contributed by atoms with Gasteiger partial charge >= 0.3 is 13.8 Å². The molecule has 121 valence electrons. The molecule has 1 aliphatic carbocycles. The van der Waals surface area contributed by atoms with Crippen LogP contribution in [0.4, 0.5) is 17.4 Å². The van der Waals surface area contributed by atoms with Crippen molar-refractivity contribution in [3.05, 3.63) is 45.2 Å². The van der Waals surface area contributed by atoms with Crippen LogP contribution < -0.4 is 5.43 Å². The van der Waals surface area contributed by atoms with Gasteiger partial charge in [-0.3, -0.25) is 13.4 Å². The minimum atomic E-state index is -1.37. The Morgan fingerprint density at radius 3 is 2.39 bits per heavy atom. The predicted octanol–water partition coefficient (Wildman–Crippen LogP) is 3.08. The Labute approximate surface area is 128 Å². The number of pyridine rings is 1. The lowest BCUT2D eigenvalue weighted by Gasteiger charge is -2.14. The summed E-state index contributed by atoms with van der Waals surface area (Å²) in [4.78, 5) is 23.2. The molecule has 1 heterocycles. The molecule has 1 N–H and O–H groups in total. The van der Waals surface area contributed by atoms with Crippen molar-refractivity contribution in [1.29, 1.82) is 0 Å². The number of benzene rings is 1. The van der Waals surface area contributed by atoms with Gasteiger partial charge in [0.05, 0.1) is 5.52 Å². The molecule has 1 saturated carbocycles. The normalized spacial score (nSPS) is 13.4. The molecule has 0 unspecified atom stereocenters. The van der Waals surface area contributed by atoms with E-state index in [1.54, 1.807) is 4.57 Å². The van der Waals surface area contributed by atoms with E-state index < -0.39 is 36.4 Å². The molecule has 3 rings (SSSR count). The summed E-state index contributed by atoms with van der Waals surface area (Å²) in [6, 6.07) is 0.825. The number of carboxylic acid groups (broad SMARTS) is 1. The number of carbonyl (C=O) groups is 1. The summed E-state index contributed by atoms with van der Waals surface area (Å²) < 4.78 is 47.8. The van der Waals surface area contributed by atoms with Crippen LogP contribution in [0.25, 0.3) is 10.9 Å². The maximum Gasteiger partial charge on any atom is 0.577 e. The zero-order chi connectivity index (χ0) is 17.3. The van der Waals surface area contributed by atoms with Crippen LogP contribution in [0.1, 0.15) is 34.8 Å². The molecule has 1 aromatic heterocycles. The van der Waals surface area contributed by atoms with Gasteiger partial charge < -0.3 is 9.67 Å². The van der Waals surface area contributed by atoms with Crippen LogP contribution in [0.5, 0.6) is 0 Å². The Morgan fingerprint density at radius 2 is 1.91 bits per heavy atom. The maximum atomic E-state index is 13.7. The molecule has 1 aliphatic rings. The second-order valence-corrected chi connectivity index (χ2v) is 5.09. The largest absolute Gasteiger partial charge is 0.577 e. The van der Waals surface area contributed by atoms with Crippen molar-refractivity contribution in [1.82, 2.24) is 4.57 Å². The first kappa shape index (κ1) is 17.0. The Morgan fingerprint density at radius 1 is 1.35 bits per heavy atom. The summed E-state index contributed by atoms with van der Waals surface area (Å²) in [6.45, 7) is 1.39. The van der Waals surface area contributed by atoms with E-state index in [-0.39, 0.29) is 22.5 Å². The van der Waals surface area contributed by atoms with Gasteiger partial charge in [-0.25, -0.2) is 13.6 Å². The number of halogens is 4. The van der Waals surface area contributed by atoms with Crippen molar-refractivity contribution in [3.63, 3.8) is 0 Å². The molecule has 0 amide bonds. The second kappa shape index (κ2) is 6.43. The van der Waals surface area contributed by atoms with E-state index >= 15 is 0 Å². The Hall–Kier alpha value is -2.32. The van der Waals surface area contributed by atoms with Crippen LogP contribution in [-0.2, 0) is 0 Å². The van der Waals surface area contributed by atoms with E-state index in [4.69, 9.17) is 5.11 Å². The van der Waals surface area contributed by atoms with Crippen molar-refractivity contribution < 1.29 is 27.3 Å². The number of aromatic nitrogens is 1. The molecule has 0 spiro atoms. The third-order valence-corrected chi connectivity index (χ3v) is 3.61. The van der Waals surface area contributed by atoms with E-state index in [1.807, 2.05) is 0 Å². The monoisotopic (exact) mass is 328 g/mol. The molecule has 1 radical (unpaired) electrons. The molecule has 0 aliphatic heterocycles. The van der Waals surface area contributed by atoms with E-state index in [2.05, 4.69) is 0 Å². The lowest BCUT2D eigenvalue weighted by Crippen LogP contribution is -2.20. The van der Waals surface area contributed by atoms with Gasteiger partial charge in [0.15, 0.2) is 11.6 Å². The zero-order valence-electron chi connectivity index (χ0n) is 11.9. The molecule has 1 aromatic carbocycles. The number of hydrogen-bond acceptors (Lipinski definition) is 2. The van der Waals surface area contributed by atoms with Crippen LogP contribution in [0.15, 0.2) is 17.1 Å². The standard InChI is InChI=1S/C14H11F2NO3.BF2/c1-6-11(16)10(15)4-8-12(6)17(7-2-3-7)5-9(13(8)18)14(19)20;2-1-3/h4-5,7H,2-3H2,1H3,(H,19,20);. The highest BCUT2D eigenvalue weighted by Gasteiger charge is 2.28. The van der Waals surface area contributed by atoms with Gasteiger partial charge in [0, 0.05) is 23.2 Å². The SMILES string of the molecule is Cc1c(F)c(F)cc2c(=O)c(C(=O)O)cn(C3CC3)c12.F[B]F. The Kier molecular flexibility index (Phi) is 4.77. The first-order valence-corrected chi connectivity index (χ1v) is 6.62. The van der Waals surface area contributed by atoms with Gasteiger partial charge in [0.25, 0.3) is 0 Å². The lowest BCUT2D eigenvalue weighted by atomic mass is 10.1. The van der Waals surface area contributed by atoms with Crippen molar-refractivity contribution in [2.45, 2.75) is 25.8 Å². The fourth-order valence-corrected chi connectivity index (χ4v) is 2.45. The van der Waals surface area contributed by atoms with E-state index in [0.29, 0.717) is 0 Å². The first-order valence-electron chi connectivity index (χ1n) is 6.62. The number of hydrogen-bond donors (Lipinski definition) is 1. The van der Waals surface area contributed by atoms with Crippen LogP contribution >= 0.6 is 0 Å². The molecule has 4 nitrogen and oxygen atoms in total. The summed E-state index contributed by atoms with van der Waals surface area (Å²) in [6.07, 6.45) is 2.89. The molecule has 9 heteroatoms. The average Bonchev–Trinajstić information content (AvgIpc) is 3.31. The molecule has 0 bridgehead atoms. The molecular weight excluding hydrogens is 317 g/mol. The minimum absolute atomic E-state index is 0.0286. The average molecular weight is 328 g/mol. The van der Waals surface area contributed by atoms with Gasteiger partial charge in [0.1, 0.15) is 5.56 Å². The highest BCUT2D eigenvalue weighted by Crippen LogP contribution is 2.38. The van der Waals surface area contributed by atoms with Crippen LogP contribution in [-0.4, -0.2) is 23.5 Å². The van der Waals surface area contributed by atoms with Crippen LogP contribution in [0, 0.1) is 18.6 Å². The fraction of sp³-hybridized carbons (Fsp3) is 0.286. The van der Waals surface area contributed by atoms with Crippen molar-refractivity contribution in [2.24, 2.45) is 0 Å². The van der Waals surface area contributed by atoms with E-state index in [0.717, 1.165) is 18.9 Å². The third-order valence-electron chi connectivity index (χ3n) is 3.61. The number of nitrogens with zero attached hydrogens (tertiary/aromatic N) is 1. The van der Waals surface area contributed by atoms with Gasteiger partial charge in [-0.1, -0.05) is 0 Å². The Bertz CT molecular complexity index is 833. The molecule has 23 heavy (non-hydrogen) atoms. The van der Waals surface area contributed by atoms with Gasteiger partial charge in [-0.15, -0.1) is 0 Å². The van der Waals surface area contributed by atoms with Crippen LogP contribution in [0.2, 0.25) is 0 Å². The van der Waals surface area contributed by atoms with Crippen molar-refractivity contribution >= 4 is 24.7 Å². The molecule has 2 aromatic rings. The van der Waals surface area contributed by atoms with E-state index in [9.17, 15) is 27.0 Å². The van der Waals surface area contributed by atoms with Crippen LogP contribution in [0.3, 0.4) is 0 Å². The third kappa shape index (κ3) is 3.08. The number of aromatic carboxylic acids is 1. The van der Waals surface area contributed by atoms with Gasteiger partial charge in [-0.05, 0) is 25.8 Å². The number of rotatable bonds is 2. The molecular formula is C14H11BF4NO3. The van der Waals surface area contributed by atoms with Crippen molar-refractivity contribution in [2.75, 3.05) is 0 Å². The summed E-state index contributed by atoms with van der Waals surface area (Å²) in [5.74, 6) is -3.51. The maximum absolute atomic E-state index is 13.7. The zero-order valence-corrected chi connectivity index (χ0v) is 11.9. The highest BCUT2D eigenvalue weighted by molar-refractivity contribution is 6.15. The summed E-state index contributed by atoms with van der Waals surface area (Å²) in [5.41, 5.74) is -0.899. The number of carboxylic acids is 1.